The van der Waals surface area contributed by atoms with E-state index in [1.165, 1.54) is 25.3 Å². The largest absolute Gasteiger partial charge is 0.366 e. The average Bonchev–Trinajstić information content (AvgIpc) is 2.82. The summed E-state index contributed by atoms with van der Waals surface area (Å²) >= 11 is 0. The lowest BCUT2D eigenvalue weighted by atomic mass is 9.89. The van der Waals surface area contributed by atoms with E-state index >= 15 is 0 Å². The number of hydrogen-bond acceptors (Lipinski definition) is 3. The molecule has 0 spiro atoms. The maximum atomic E-state index is 13.7. The first-order valence-corrected chi connectivity index (χ1v) is 8.52. The Balaban J connectivity index is 1.65. The van der Waals surface area contributed by atoms with Crippen molar-refractivity contribution in [2.24, 2.45) is 5.73 Å². The smallest absolute Gasteiger partial charge is 0.275 e. The molecule has 4 rings (SSSR count). The number of likely N-dealkylation sites (tertiary alicyclic amines) is 1. The number of carbonyl (C=O) groups is 1. The van der Waals surface area contributed by atoms with Crippen LogP contribution >= 0.6 is 0 Å². The van der Waals surface area contributed by atoms with E-state index in [9.17, 15) is 14.0 Å². The summed E-state index contributed by atoms with van der Waals surface area (Å²) in [6, 6.07) is 3.03. The zero-order valence-electron chi connectivity index (χ0n) is 13.4. The van der Waals surface area contributed by atoms with Gasteiger partial charge in [0.1, 0.15) is 5.82 Å². The molecule has 2 fully saturated rings. The number of H-pyrrole nitrogens is 1. The lowest BCUT2D eigenvalue weighted by Gasteiger charge is -2.41. The molecule has 0 bridgehead atoms. The molecule has 0 radical (unpaired) electrons. The fourth-order valence-corrected chi connectivity index (χ4v) is 3.94. The molecule has 1 aromatic carbocycles. The average molecular weight is 332 g/mol. The van der Waals surface area contributed by atoms with E-state index < -0.39 is 11.7 Å². The van der Waals surface area contributed by atoms with Gasteiger partial charge in [0.15, 0.2) is 0 Å². The first-order valence-electron chi connectivity index (χ1n) is 8.52. The third-order valence-electron chi connectivity index (χ3n) is 5.50. The molecule has 2 aliphatic rings. The highest BCUT2D eigenvalue weighted by molar-refractivity contribution is 6.05. The van der Waals surface area contributed by atoms with Gasteiger partial charge in [0.05, 0.1) is 22.5 Å². The van der Waals surface area contributed by atoms with Crippen molar-refractivity contribution in [1.82, 2.24) is 14.7 Å². The van der Waals surface area contributed by atoms with Crippen molar-refractivity contribution in [3.05, 3.63) is 33.9 Å². The molecule has 0 unspecified atom stereocenters. The number of hydrogen-bond donors (Lipinski definition) is 2. The number of amides is 1. The monoisotopic (exact) mass is 332 g/mol. The number of aromatic amines is 1. The van der Waals surface area contributed by atoms with Crippen molar-refractivity contribution in [3.8, 4) is 0 Å². The topological polar surface area (TPSA) is 84.1 Å². The summed E-state index contributed by atoms with van der Waals surface area (Å²) in [4.78, 5) is 26.8. The van der Waals surface area contributed by atoms with Gasteiger partial charge in [-0.05, 0) is 37.8 Å². The van der Waals surface area contributed by atoms with Gasteiger partial charge in [-0.1, -0.05) is 6.42 Å². The SMILES string of the molecule is NC(=O)c1cc(F)cc2[nH]n(C3CCN(C4CCC4)CC3)c(=O)c12. The summed E-state index contributed by atoms with van der Waals surface area (Å²) in [5.41, 5.74) is 5.28. The Morgan fingerprint density at radius 3 is 2.46 bits per heavy atom. The summed E-state index contributed by atoms with van der Waals surface area (Å²) in [6.07, 6.45) is 5.61. The van der Waals surface area contributed by atoms with E-state index in [1.54, 1.807) is 4.68 Å². The van der Waals surface area contributed by atoms with Gasteiger partial charge in [-0.15, -0.1) is 0 Å². The lowest BCUT2D eigenvalue weighted by molar-refractivity contribution is 0.0837. The fourth-order valence-electron chi connectivity index (χ4n) is 3.94. The third-order valence-corrected chi connectivity index (χ3v) is 5.50. The van der Waals surface area contributed by atoms with Gasteiger partial charge in [0, 0.05) is 19.1 Å². The Kier molecular flexibility index (Phi) is 3.68. The van der Waals surface area contributed by atoms with Crippen LogP contribution in [0.3, 0.4) is 0 Å². The quantitative estimate of drug-likeness (QED) is 0.898. The summed E-state index contributed by atoms with van der Waals surface area (Å²) < 4.78 is 15.2. The second-order valence-corrected chi connectivity index (χ2v) is 6.88. The minimum Gasteiger partial charge on any atom is -0.366 e. The molecule has 2 aromatic rings. The Morgan fingerprint density at radius 2 is 1.88 bits per heavy atom. The van der Waals surface area contributed by atoms with Crippen LogP contribution in [-0.4, -0.2) is 39.7 Å². The summed E-state index contributed by atoms with van der Waals surface area (Å²) in [5, 5.41) is 3.17. The Morgan fingerprint density at radius 1 is 1.17 bits per heavy atom. The molecule has 1 saturated heterocycles. The first-order chi connectivity index (χ1) is 11.5. The van der Waals surface area contributed by atoms with Crippen LogP contribution in [0.2, 0.25) is 0 Å². The first kappa shape index (κ1) is 15.4. The van der Waals surface area contributed by atoms with E-state index in [4.69, 9.17) is 5.73 Å². The van der Waals surface area contributed by atoms with Crippen LogP contribution in [0, 0.1) is 5.82 Å². The van der Waals surface area contributed by atoms with Crippen molar-refractivity contribution in [1.29, 1.82) is 0 Å². The molecule has 2 heterocycles. The standard InChI is InChI=1S/C17H21FN4O2/c18-10-8-13(16(19)23)15-14(9-10)20-22(17(15)24)12-4-6-21(7-5-12)11-2-1-3-11/h8-9,11-12,20H,1-7H2,(H2,19,23). The van der Waals surface area contributed by atoms with Crippen LogP contribution in [0.4, 0.5) is 4.39 Å². The Hall–Kier alpha value is -2.15. The Bertz CT molecular complexity index is 844. The van der Waals surface area contributed by atoms with E-state index in [1.807, 2.05) is 0 Å². The zero-order chi connectivity index (χ0) is 16.8. The highest BCUT2D eigenvalue weighted by Gasteiger charge is 2.30. The number of fused-ring (bicyclic) bond motifs is 1. The van der Waals surface area contributed by atoms with Crippen LogP contribution in [0.1, 0.15) is 48.5 Å². The minimum atomic E-state index is -0.789. The van der Waals surface area contributed by atoms with Crippen LogP contribution in [0.5, 0.6) is 0 Å². The molecule has 1 aliphatic carbocycles. The maximum absolute atomic E-state index is 13.7. The molecular formula is C17H21FN4O2. The van der Waals surface area contributed by atoms with E-state index in [-0.39, 0.29) is 22.6 Å². The predicted molar refractivity (Wildman–Crippen MR) is 88.5 cm³/mol. The molecular weight excluding hydrogens is 311 g/mol. The highest BCUT2D eigenvalue weighted by Crippen LogP contribution is 2.30. The predicted octanol–water partition coefficient (Wildman–Crippen LogP) is 1.76. The number of aromatic nitrogens is 2. The molecule has 3 N–H and O–H groups in total. The van der Waals surface area contributed by atoms with Crippen molar-refractivity contribution in [2.75, 3.05) is 13.1 Å². The summed E-state index contributed by atoms with van der Waals surface area (Å²) in [5.74, 6) is -1.37. The molecule has 7 heteroatoms. The molecule has 1 saturated carbocycles. The second-order valence-electron chi connectivity index (χ2n) is 6.88. The van der Waals surface area contributed by atoms with Crippen molar-refractivity contribution < 1.29 is 9.18 Å². The maximum Gasteiger partial charge on any atom is 0.275 e. The van der Waals surface area contributed by atoms with Crippen LogP contribution in [0.25, 0.3) is 10.9 Å². The molecule has 1 amide bonds. The van der Waals surface area contributed by atoms with Gasteiger partial charge in [-0.25, -0.2) is 9.07 Å². The van der Waals surface area contributed by atoms with E-state index in [0.29, 0.717) is 11.6 Å². The molecule has 6 nitrogen and oxygen atoms in total. The Labute approximate surface area is 138 Å². The summed E-state index contributed by atoms with van der Waals surface area (Å²) in [7, 11) is 0. The van der Waals surface area contributed by atoms with Crippen LogP contribution < -0.4 is 11.3 Å². The number of nitrogens with two attached hydrogens (primary N) is 1. The second kappa shape index (κ2) is 5.73. The van der Waals surface area contributed by atoms with Gasteiger partial charge in [0.2, 0.25) is 5.91 Å². The van der Waals surface area contributed by atoms with Crippen LogP contribution in [-0.2, 0) is 0 Å². The lowest BCUT2D eigenvalue weighted by Crippen LogP contribution is -2.45. The number of nitrogens with one attached hydrogen (secondary N) is 1. The zero-order valence-corrected chi connectivity index (χ0v) is 13.4. The highest BCUT2D eigenvalue weighted by atomic mass is 19.1. The van der Waals surface area contributed by atoms with E-state index in [2.05, 4.69) is 10.00 Å². The van der Waals surface area contributed by atoms with Crippen molar-refractivity contribution >= 4 is 16.8 Å². The van der Waals surface area contributed by atoms with Crippen molar-refractivity contribution in [2.45, 2.75) is 44.2 Å². The van der Waals surface area contributed by atoms with Gasteiger partial charge < -0.3 is 10.6 Å². The molecule has 128 valence electrons. The van der Waals surface area contributed by atoms with E-state index in [0.717, 1.165) is 32.0 Å². The number of halogens is 1. The number of benzene rings is 1. The minimum absolute atomic E-state index is 0.0463. The summed E-state index contributed by atoms with van der Waals surface area (Å²) in [6.45, 7) is 1.93. The van der Waals surface area contributed by atoms with Gasteiger partial charge >= 0.3 is 0 Å². The number of primary amides is 1. The molecule has 1 aromatic heterocycles. The number of rotatable bonds is 3. The number of piperidine rings is 1. The van der Waals surface area contributed by atoms with Crippen LogP contribution in [0.15, 0.2) is 16.9 Å². The molecule has 24 heavy (non-hydrogen) atoms. The number of carbonyl (C=O) groups excluding carboxylic acids is 1. The van der Waals surface area contributed by atoms with Crippen molar-refractivity contribution in [3.63, 3.8) is 0 Å². The van der Waals surface area contributed by atoms with Gasteiger partial charge in [-0.3, -0.25) is 14.7 Å². The normalized spacial score (nSPS) is 20.4. The van der Waals surface area contributed by atoms with Gasteiger partial charge in [0.25, 0.3) is 5.56 Å². The fraction of sp³-hybridized carbons (Fsp3) is 0.529. The molecule has 1 aliphatic heterocycles. The van der Waals surface area contributed by atoms with Gasteiger partial charge in [-0.2, -0.15) is 0 Å². The molecule has 0 atom stereocenters. The number of nitrogens with zero attached hydrogens (tertiary/aromatic N) is 2. The third kappa shape index (κ3) is 2.43.